The van der Waals surface area contributed by atoms with Gasteiger partial charge in [0.25, 0.3) is 0 Å². The molecule has 2 heterocycles. The minimum Gasteiger partial charge on any atom is -0.495 e. The van der Waals surface area contributed by atoms with E-state index in [1.54, 1.807) is 22.4 Å². The molecule has 2 aromatic rings. The zero-order valence-corrected chi connectivity index (χ0v) is 15.7. The Bertz CT molecular complexity index is 842. The highest BCUT2D eigenvalue weighted by Crippen LogP contribution is 2.36. The van der Waals surface area contributed by atoms with E-state index in [-0.39, 0.29) is 18.4 Å². The summed E-state index contributed by atoms with van der Waals surface area (Å²) >= 11 is 7.39. The minimum atomic E-state index is -0.268. The third-order valence-electron chi connectivity index (χ3n) is 3.72. The van der Waals surface area contributed by atoms with Gasteiger partial charge in [0.15, 0.2) is 5.13 Å². The topological polar surface area (TPSA) is 92.8 Å². The van der Waals surface area contributed by atoms with Crippen LogP contribution in [0.25, 0.3) is 0 Å². The summed E-state index contributed by atoms with van der Waals surface area (Å²) in [5, 5.41) is 8.21. The summed E-state index contributed by atoms with van der Waals surface area (Å²) in [5.41, 5.74) is 1.04. The summed E-state index contributed by atoms with van der Waals surface area (Å²) < 4.78 is 10.4. The molecular formula is C16H17ClN4O4S. The first-order valence-corrected chi connectivity index (χ1v) is 8.98. The number of thiazole rings is 1. The molecule has 8 nitrogen and oxygen atoms in total. The maximum absolute atomic E-state index is 12.4. The van der Waals surface area contributed by atoms with E-state index in [4.69, 9.17) is 21.1 Å². The van der Waals surface area contributed by atoms with Crippen molar-refractivity contribution < 1.29 is 19.1 Å². The number of hydrogen-bond donors (Lipinski definition) is 2. The van der Waals surface area contributed by atoms with Gasteiger partial charge in [0.05, 0.1) is 37.0 Å². The van der Waals surface area contributed by atoms with Crippen molar-refractivity contribution in [2.45, 2.75) is 6.42 Å². The normalized spacial score (nSPS) is 13.5. The van der Waals surface area contributed by atoms with E-state index in [9.17, 15) is 9.59 Å². The van der Waals surface area contributed by atoms with Crippen molar-refractivity contribution >= 4 is 45.7 Å². The van der Waals surface area contributed by atoms with Crippen LogP contribution >= 0.6 is 22.9 Å². The number of aromatic nitrogens is 1. The van der Waals surface area contributed by atoms with Crippen LogP contribution < -0.4 is 25.0 Å². The van der Waals surface area contributed by atoms with Crippen LogP contribution in [0, 0.1) is 0 Å². The Kier molecular flexibility index (Phi) is 5.48. The molecule has 1 fully saturated rings. The predicted octanol–water partition coefficient (Wildman–Crippen LogP) is 2.52. The SMILES string of the molecule is COc1cc(NC(=O)Cc2csc(N3CCNC3=O)n2)c(OC)cc1Cl. The number of nitrogens with one attached hydrogen (secondary N) is 2. The Balaban J connectivity index is 1.70. The fraction of sp³-hybridized carbons (Fsp3) is 0.312. The standard InChI is InChI=1S/C16H17ClN4O4S/c1-24-12-7-11(13(25-2)6-10(12)17)20-14(22)5-9-8-26-16(19-9)21-4-3-18-15(21)23/h6-8H,3-5H2,1-2H3,(H,18,23)(H,20,22). The largest absolute Gasteiger partial charge is 0.495 e. The number of carbonyl (C=O) groups excluding carboxylic acids is 2. The molecule has 0 saturated carbocycles. The Morgan fingerprint density at radius 2 is 2.15 bits per heavy atom. The third kappa shape index (κ3) is 3.83. The van der Waals surface area contributed by atoms with Crippen LogP contribution in [0.1, 0.15) is 5.69 Å². The summed E-state index contributed by atoms with van der Waals surface area (Å²) in [6.07, 6.45) is 0.0695. The highest BCUT2D eigenvalue weighted by molar-refractivity contribution is 7.14. The number of halogens is 1. The van der Waals surface area contributed by atoms with E-state index in [0.29, 0.717) is 46.1 Å². The summed E-state index contributed by atoms with van der Waals surface area (Å²) in [6.45, 7) is 1.16. The second kappa shape index (κ2) is 7.79. The number of amides is 3. The molecule has 1 aromatic carbocycles. The molecule has 1 saturated heterocycles. The lowest BCUT2D eigenvalue weighted by Crippen LogP contribution is -2.27. The number of nitrogens with zero attached hydrogens (tertiary/aromatic N) is 2. The molecular weight excluding hydrogens is 380 g/mol. The van der Waals surface area contributed by atoms with Crippen molar-refractivity contribution in [1.29, 1.82) is 0 Å². The lowest BCUT2D eigenvalue weighted by atomic mass is 10.2. The van der Waals surface area contributed by atoms with Crippen LogP contribution in [0.15, 0.2) is 17.5 Å². The smallest absolute Gasteiger partial charge is 0.323 e. The quantitative estimate of drug-likeness (QED) is 0.782. The molecule has 1 aromatic heterocycles. The molecule has 0 aliphatic carbocycles. The fourth-order valence-corrected chi connectivity index (χ4v) is 3.55. The van der Waals surface area contributed by atoms with Gasteiger partial charge in [-0.1, -0.05) is 11.6 Å². The maximum Gasteiger partial charge on any atom is 0.323 e. The number of urea groups is 1. The van der Waals surface area contributed by atoms with Gasteiger partial charge in [-0.2, -0.15) is 0 Å². The van der Waals surface area contributed by atoms with Gasteiger partial charge in [0, 0.05) is 30.6 Å². The van der Waals surface area contributed by atoms with Crippen molar-refractivity contribution in [3.8, 4) is 11.5 Å². The highest BCUT2D eigenvalue weighted by Gasteiger charge is 2.24. The number of anilines is 2. The van der Waals surface area contributed by atoms with E-state index >= 15 is 0 Å². The minimum absolute atomic E-state index is 0.0695. The van der Waals surface area contributed by atoms with E-state index in [1.807, 2.05) is 0 Å². The van der Waals surface area contributed by atoms with E-state index in [0.717, 1.165) is 0 Å². The predicted molar refractivity (Wildman–Crippen MR) is 99.7 cm³/mol. The third-order valence-corrected chi connectivity index (χ3v) is 4.92. The maximum atomic E-state index is 12.4. The summed E-state index contributed by atoms with van der Waals surface area (Å²) in [5.74, 6) is 0.589. The molecule has 138 valence electrons. The van der Waals surface area contributed by atoms with Gasteiger partial charge in [0.2, 0.25) is 5.91 Å². The van der Waals surface area contributed by atoms with Crippen LogP contribution in [0.2, 0.25) is 5.02 Å². The fourth-order valence-electron chi connectivity index (χ4n) is 2.47. The summed E-state index contributed by atoms with van der Waals surface area (Å²) in [4.78, 5) is 29.9. The Morgan fingerprint density at radius 1 is 1.38 bits per heavy atom. The Hall–Kier alpha value is -2.52. The van der Waals surface area contributed by atoms with Crippen molar-refractivity contribution in [2.75, 3.05) is 37.5 Å². The van der Waals surface area contributed by atoms with Crippen LogP contribution in [-0.2, 0) is 11.2 Å². The van der Waals surface area contributed by atoms with Crippen LogP contribution in [-0.4, -0.2) is 44.2 Å². The number of hydrogen-bond acceptors (Lipinski definition) is 6. The molecule has 0 bridgehead atoms. The average Bonchev–Trinajstić information content (AvgIpc) is 3.24. The van der Waals surface area contributed by atoms with Crippen LogP contribution in [0.5, 0.6) is 11.5 Å². The van der Waals surface area contributed by atoms with Crippen molar-refractivity contribution in [3.63, 3.8) is 0 Å². The highest BCUT2D eigenvalue weighted by atomic mass is 35.5. The first-order chi connectivity index (χ1) is 12.5. The lowest BCUT2D eigenvalue weighted by molar-refractivity contribution is -0.115. The molecule has 2 N–H and O–H groups in total. The molecule has 3 amide bonds. The molecule has 0 spiro atoms. The monoisotopic (exact) mass is 396 g/mol. The number of carbonyl (C=O) groups is 2. The van der Waals surface area contributed by atoms with E-state index in [2.05, 4.69) is 15.6 Å². The number of rotatable bonds is 6. The summed E-state index contributed by atoms with van der Waals surface area (Å²) in [7, 11) is 2.98. The average molecular weight is 397 g/mol. The molecule has 1 aliphatic rings. The zero-order valence-electron chi connectivity index (χ0n) is 14.2. The second-order valence-corrected chi connectivity index (χ2v) is 6.66. The Labute approximate surface area is 159 Å². The molecule has 3 rings (SSSR count). The summed E-state index contributed by atoms with van der Waals surface area (Å²) in [6, 6.07) is 3.00. The van der Waals surface area contributed by atoms with Gasteiger partial charge in [-0.15, -0.1) is 11.3 Å². The second-order valence-electron chi connectivity index (χ2n) is 5.42. The molecule has 0 atom stereocenters. The van der Waals surface area contributed by atoms with Crippen LogP contribution in [0.3, 0.4) is 0 Å². The van der Waals surface area contributed by atoms with Gasteiger partial charge in [0.1, 0.15) is 11.5 Å². The molecule has 0 unspecified atom stereocenters. The number of benzene rings is 1. The molecule has 0 radical (unpaired) electrons. The van der Waals surface area contributed by atoms with Crippen LogP contribution in [0.4, 0.5) is 15.6 Å². The number of methoxy groups -OCH3 is 2. The first-order valence-electron chi connectivity index (χ1n) is 7.73. The first kappa shape index (κ1) is 18.3. The van der Waals surface area contributed by atoms with Crippen molar-refractivity contribution in [2.24, 2.45) is 0 Å². The van der Waals surface area contributed by atoms with Gasteiger partial charge >= 0.3 is 6.03 Å². The Morgan fingerprint density at radius 3 is 2.81 bits per heavy atom. The number of ether oxygens (including phenoxy) is 2. The van der Waals surface area contributed by atoms with Gasteiger partial charge in [-0.05, 0) is 0 Å². The van der Waals surface area contributed by atoms with E-state index < -0.39 is 0 Å². The van der Waals surface area contributed by atoms with Gasteiger partial charge < -0.3 is 20.1 Å². The molecule has 26 heavy (non-hydrogen) atoms. The zero-order chi connectivity index (χ0) is 18.7. The van der Waals surface area contributed by atoms with E-state index in [1.165, 1.54) is 25.6 Å². The van der Waals surface area contributed by atoms with Crippen molar-refractivity contribution in [1.82, 2.24) is 10.3 Å². The van der Waals surface area contributed by atoms with Gasteiger partial charge in [-0.25, -0.2) is 9.78 Å². The van der Waals surface area contributed by atoms with Crippen molar-refractivity contribution in [3.05, 3.63) is 28.2 Å². The lowest BCUT2D eigenvalue weighted by Gasteiger charge is -2.13. The molecule has 1 aliphatic heterocycles. The molecule has 10 heteroatoms. The van der Waals surface area contributed by atoms with Gasteiger partial charge in [-0.3, -0.25) is 9.69 Å².